The predicted molar refractivity (Wildman–Crippen MR) is 123 cm³/mol. The second-order valence-corrected chi connectivity index (χ2v) is 8.09. The molecule has 6 heteroatoms. The van der Waals surface area contributed by atoms with Crippen LogP contribution in [-0.2, 0) is 13.1 Å². The first-order valence-electron chi connectivity index (χ1n) is 10.1. The Labute approximate surface area is 183 Å². The van der Waals surface area contributed by atoms with Crippen LogP contribution in [0, 0.1) is 17.2 Å². The molecule has 0 saturated carbocycles. The molecule has 0 bridgehead atoms. The first-order chi connectivity index (χ1) is 14.5. The van der Waals surface area contributed by atoms with Crippen LogP contribution in [0.4, 0.5) is 5.69 Å². The summed E-state index contributed by atoms with van der Waals surface area (Å²) in [6.45, 7) is 6.68. The van der Waals surface area contributed by atoms with Gasteiger partial charge in [0, 0.05) is 35.9 Å². The van der Waals surface area contributed by atoms with Gasteiger partial charge >= 0.3 is 0 Å². The Kier molecular flexibility index (Phi) is 7.51. The Balaban J connectivity index is 1.89. The van der Waals surface area contributed by atoms with E-state index in [1.807, 2.05) is 36.5 Å². The number of methoxy groups -OCH3 is 1. The first-order valence-corrected chi connectivity index (χ1v) is 10.5. The monoisotopic (exact) mass is 422 g/mol. The molecule has 0 aliphatic carbocycles. The molecule has 0 fully saturated rings. The topological polar surface area (TPSA) is 70.0 Å². The molecule has 0 aliphatic rings. The highest BCUT2D eigenvalue weighted by Gasteiger charge is 2.11. The number of halogens is 1. The van der Waals surface area contributed by atoms with Crippen LogP contribution in [0.2, 0.25) is 5.02 Å². The number of benzene rings is 2. The van der Waals surface area contributed by atoms with E-state index in [1.165, 1.54) is 0 Å². The van der Waals surface area contributed by atoms with Gasteiger partial charge in [-0.05, 0) is 54.8 Å². The van der Waals surface area contributed by atoms with Crippen LogP contribution >= 0.6 is 11.6 Å². The highest BCUT2D eigenvalue weighted by atomic mass is 35.5. The van der Waals surface area contributed by atoms with E-state index in [0.29, 0.717) is 35.3 Å². The number of aromatic nitrogens is 1. The van der Waals surface area contributed by atoms with Gasteiger partial charge < -0.3 is 15.4 Å². The molecule has 0 atom stereocenters. The Morgan fingerprint density at radius 3 is 2.70 bits per heavy atom. The molecule has 0 amide bonds. The molecule has 0 saturated heterocycles. The number of nitrogens with one attached hydrogen (secondary N) is 2. The zero-order valence-electron chi connectivity index (χ0n) is 17.6. The molecule has 2 aromatic carbocycles. The smallest absolute Gasteiger partial charge is 0.137 e. The van der Waals surface area contributed by atoms with Crippen LogP contribution in [-0.4, -0.2) is 18.6 Å². The van der Waals surface area contributed by atoms with Crippen molar-refractivity contribution in [1.82, 2.24) is 10.3 Å². The standard InChI is InChI=1S/C24H27ClN4O/c1-16(2)8-9-27-14-19-15-28-22-6-4-17(12-26)10-20(22)24(19)29-13-18-5-7-23(30-3)21(25)11-18/h4-7,10-11,15-16,27H,8-9,13-14H2,1-3H3,(H,28,29). The molecule has 3 aromatic rings. The predicted octanol–water partition coefficient (Wildman–Crippen LogP) is 5.52. The molecule has 30 heavy (non-hydrogen) atoms. The second kappa shape index (κ2) is 10.3. The number of rotatable bonds is 9. The van der Waals surface area contributed by atoms with Crippen LogP contribution in [0.5, 0.6) is 5.75 Å². The highest BCUT2D eigenvalue weighted by molar-refractivity contribution is 6.32. The number of pyridine rings is 1. The Bertz CT molecular complexity index is 1060. The molecule has 0 aliphatic heterocycles. The summed E-state index contributed by atoms with van der Waals surface area (Å²) in [5.41, 5.74) is 4.57. The lowest BCUT2D eigenvalue weighted by atomic mass is 10.1. The van der Waals surface area contributed by atoms with Gasteiger partial charge in [0.2, 0.25) is 0 Å². The van der Waals surface area contributed by atoms with E-state index in [0.717, 1.165) is 40.7 Å². The molecular formula is C24H27ClN4O. The normalized spacial score (nSPS) is 10.9. The lowest BCUT2D eigenvalue weighted by molar-refractivity contribution is 0.415. The summed E-state index contributed by atoms with van der Waals surface area (Å²) in [5.74, 6) is 1.31. The number of nitriles is 1. The minimum Gasteiger partial charge on any atom is -0.495 e. The summed E-state index contributed by atoms with van der Waals surface area (Å²) in [7, 11) is 1.60. The van der Waals surface area contributed by atoms with Crippen LogP contribution < -0.4 is 15.4 Å². The fraction of sp³-hybridized carbons (Fsp3) is 0.333. The van der Waals surface area contributed by atoms with Crippen molar-refractivity contribution in [2.45, 2.75) is 33.4 Å². The second-order valence-electron chi connectivity index (χ2n) is 7.68. The number of hydrogen-bond acceptors (Lipinski definition) is 5. The Morgan fingerprint density at radius 2 is 2.00 bits per heavy atom. The van der Waals surface area contributed by atoms with E-state index in [-0.39, 0.29) is 0 Å². The van der Waals surface area contributed by atoms with Gasteiger partial charge in [0.1, 0.15) is 5.75 Å². The van der Waals surface area contributed by atoms with Crippen molar-refractivity contribution in [3.05, 3.63) is 64.3 Å². The van der Waals surface area contributed by atoms with Gasteiger partial charge in [-0.1, -0.05) is 31.5 Å². The average Bonchev–Trinajstić information content (AvgIpc) is 2.75. The quantitative estimate of drug-likeness (QED) is 0.444. The summed E-state index contributed by atoms with van der Waals surface area (Å²) in [4.78, 5) is 4.60. The number of ether oxygens (including phenoxy) is 1. The van der Waals surface area contributed by atoms with Gasteiger partial charge in [0.15, 0.2) is 0 Å². The number of fused-ring (bicyclic) bond motifs is 1. The van der Waals surface area contributed by atoms with Crippen molar-refractivity contribution >= 4 is 28.2 Å². The first kappa shape index (κ1) is 21.9. The van der Waals surface area contributed by atoms with Gasteiger partial charge in [-0.15, -0.1) is 0 Å². The van der Waals surface area contributed by atoms with Crippen LogP contribution in [0.25, 0.3) is 10.9 Å². The average molecular weight is 423 g/mol. The molecular weight excluding hydrogens is 396 g/mol. The fourth-order valence-corrected chi connectivity index (χ4v) is 3.55. The molecule has 2 N–H and O–H groups in total. The number of anilines is 1. The summed E-state index contributed by atoms with van der Waals surface area (Å²) in [6.07, 6.45) is 3.02. The van der Waals surface area contributed by atoms with Gasteiger partial charge in [0.25, 0.3) is 0 Å². The summed E-state index contributed by atoms with van der Waals surface area (Å²) < 4.78 is 5.24. The maximum Gasteiger partial charge on any atom is 0.137 e. The number of nitrogens with zero attached hydrogens (tertiary/aromatic N) is 2. The summed E-state index contributed by atoms with van der Waals surface area (Å²) in [5, 5.41) is 17.9. The largest absolute Gasteiger partial charge is 0.495 e. The maximum absolute atomic E-state index is 9.34. The highest BCUT2D eigenvalue weighted by Crippen LogP contribution is 2.29. The van der Waals surface area contributed by atoms with Crippen molar-refractivity contribution in [1.29, 1.82) is 5.26 Å². The Hall–Kier alpha value is -2.81. The van der Waals surface area contributed by atoms with Crippen LogP contribution in [0.3, 0.4) is 0 Å². The zero-order chi connectivity index (χ0) is 21.5. The van der Waals surface area contributed by atoms with Gasteiger partial charge in [-0.2, -0.15) is 5.26 Å². The maximum atomic E-state index is 9.34. The van der Waals surface area contributed by atoms with Crippen molar-refractivity contribution in [3.8, 4) is 11.8 Å². The van der Waals surface area contributed by atoms with Gasteiger partial charge in [-0.3, -0.25) is 4.98 Å². The van der Waals surface area contributed by atoms with Gasteiger partial charge in [-0.25, -0.2) is 0 Å². The fourth-order valence-electron chi connectivity index (χ4n) is 3.27. The van der Waals surface area contributed by atoms with Crippen LogP contribution in [0.15, 0.2) is 42.6 Å². The lowest BCUT2D eigenvalue weighted by Gasteiger charge is -2.16. The van der Waals surface area contributed by atoms with Crippen molar-refractivity contribution in [3.63, 3.8) is 0 Å². The van der Waals surface area contributed by atoms with E-state index in [9.17, 15) is 5.26 Å². The van der Waals surface area contributed by atoms with Crippen LogP contribution in [0.1, 0.15) is 37.0 Å². The molecule has 5 nitrogen and oxygen atoms in total. The molecule has 3 rings (SSSR count). The zero-order valence-corrected chi connectivity index (χ0v) is 18.4. The third kappa shape index (κ3) is 5.41. The lowest BCUT2D eigenvalue weighted by Crippen LogP contribution is -2.18. The van der Waals surface area contributed by atoms with Crippen molar-refractivity contribution < 1.29 is 4.74 Å². The number of hydrogen-bond donors (Lipinski definition) is 2. The SMILES string of the molecule is COc1ccc(CNc2c(CNCCC(C)C)cnc3ccc(C#N)cc23)cc1Cl. The van der Waals surface area contributed by atoms with Gasteiger partial charge in [0.05, 0.1) is 29.3 Å². The van der Waals surface area contributed by atoms with E-state index in [2.05, 4.69) is 35.5 Å². The third-order valence-corrected chi connectivity index (χ3v) is 5.27. The molecule has 1 aromatic heterocycles. The summed E-state index contributed by atoms with van der Waals surface area (Å²) >= 11 is 6.28. The van der Waals surface area contributed by atoms with E-state index >= 15 is 0 Å². The van der Waals surface area contributed by atoms with Crippen molar-refractivity contribution in [2.75, 3.05) is 19.0 Å². The van der Waals surface area contributed by atoms with Crippen molar-refractivity contribution in [2.24, 2.45) is 5.92 Å². The molecule has 156 valence electrons. The molecule has 0 spiro atoms. The third-order valence-electron chi connectivity index (χ3n) is 4.97. The minimum absolute atomic E-state index is 0.582. The van der Waals surface area contributed by atoms with E-state index in [1.54, 1.807) is 13.2 Å². The molecule has 0 radical (unpaired) electrons. The van der Waals surface area contributed by atoms with E-state index in [4.69, 9.17) is 16.3 Å². The Morgan fingerprint density at radius 1 is 1.17 bits per heavy atom. The van der Waals surface area contributed by atoms with E-state index < -0.39 is 0 Å². The molecule has 0 unspecified atom stereocenters. The summed E-state index contributed by atoms with van der Waals surface area (Å²) in [6, 6.07) is 13.6. The molecule has 1 heterocycles. The minimum atomic E-state index is 0.582.